The summed E-state index contributed by atoms with van der Waals surface area (Å²) < 4.78 is 0. The molecule has 0 aliphatic carbocycles. The lowest BCUT2D eigenvalue weighted by Gasteiger charge is -2.11. The first-order chi connectivity index (χ1) is 10.3. The molecular formula is C17H21N3O. The second-order valence-corrected chi connectivity index (χ2v) is 4.70. The van der Waals surface area contributed by atoms with Gasteiger partial charge < -0.3 is 15.7 Å². The van der Waals surface area contributed by atoms with Crippen molar-refractivity contribution in [3.8, 4) is 5.75 Å². The van der Waals surface area contributed by atoms with Crippen LogP contribution in [-0.2, 0) is 13.1 Å². The lowest BCUT2D eigenvalue weighted by Crippen LogP contribution is -2.36. The van der Waals surface area contributed by atoms with Crippen molar-refractivity contribution >= 4 is 5.96 Å². The number of aliphatic imine (C=N–C) groups is 1. The summed E-state index contributed by atoms with van der Waals surface area (Å²) in [4.78, 5) is 4.56. The Morgan fingerprint density at radius 2 is 1.67 bits per heavy atom. The smallest absolute Gasteiger partial charge is 0.191 e. The van der Waals surface area contributed by atoms with Gasteiger partial charge in [0.1, 0.15) is 5.75 Å². The minimum Gasteiger partial charge on any atom is -0.508 e. The van der Waals surface area contributed by atoms with Crippen molar-refractivity contribution in [2.75, 3.05) is 6.54 Å². The lowest BCUT2D eigenvalue weighted by atomic mass is 10.2. The zero-order valence-electron chi connectivity index (χ0n) is 12.2. The Morgan fingerprint density at radius 1 is 0.952 bits per heavy atom. The van der Waals surface area contributed by atoms with Crippen LogP contribution in [0.5, 0.6) is 5.75 Å². The molecule has 3 N–H and O–H groups in total. The number of benzene rings is 2. The monoisotopic (exact) mass is 283 g/mol. The summed E-state index contributed by atoms with van der Waals surface area (Å²) in [6.07, 6.45) is 0. The zero-order chi connectivity index (χ0) is 14.9. The molecule has 2 rings (SSSR count). The predicted molar refractivity (Wildman–Crippen MR) is 86.2 cm³/mol. The van der Waals surface area contributed by atoms with Gasteiger partial charge in [0.05, 0.1) is 6.54 Å². The van der Waals surface area contributed by atoms with Crippen LogP contribution in [0.1, 0.15) is 18.1 Å². The zero-order valence-corrected chi connectivity index (χ0v) is 12.2. The Hall–Kier alpha value is -2.49. The summed E-state index contributed by atoms with van der Waals surface area (Å²) in [7, 11) is 0. The minimum atomic E-state index is 0.281. The molecule has 2 aromatic carbocycles. The molecule has 0 aromatic heterocycles. The number of aromatic hydroxyl groups is 1. The standard InChI is InChI=1S/C17H21N3O/c1-2-18-17(19-12-14-6-4-3-5-7-14)20-13-15-8-10-16(21)11-9-15/h3-11,21H,2,12-13H2,1H3,(H2,18,19,20). The van der Waals surface area contributed by atoms with Gasteiger partial charge in [-0.1, -0.05) is 42.5 Å². The first-order valence-electron chi connectivity index (χ1n) is 7.12. The fourth-order valence-electron chi connectivity index (χ4n) is 1.90. The Balaban J connectivity index is 1.93. The lowest BCUT2D eigenvalue weighted by molar-refractivity contribution is 0.475. The van der Waals surface area contributed by atoms with E-state index in [-0.39, 0.29) is 5.75 Å². The van der Waals surface area contributed by atoms with E-state index in [2.05, 4.69) is 27.8 Å². The van der Waals surface area contributed by atoms with Crippen molar-refractivity contribution < 1.29 is 5.11 Å². The van der Waals surface area contributed by atoms with E-state index in [4.69, 9.17) is 0 Å². The number of guanidine groups is 1. The van der Waals surface area contributed by atoms with Gasteiger partial charge in [-0.25, -0.2) is 4.99 Å². The molecule has 0 atom stereocenters. The Labute approximate surface area is 125 Å². The maximum absolute atomic E-state index is 9.27. The van der Waals surface area contributed by atoms with Crippen molar-refractivity contribution in [1.82, 2.24) is 10.6 Å². The number of hydrogen-bond donors (Lipinski definition) is 3. The first kappa shape index (κ1) is 14.9. The first-order valence-corrected chi connectivity index (χ1v) is 7.12. The summed E-state index contributed by atoms with van der Waals surface area (Å²) >= 11 is 0. The Bertz CT molecular complexity index is 564. The minimum absolute atomic E-state index is 0.281. The van der Waals surface area contributed by atoms with Crippen molar-refractivity contribution in [3.63, 3.8) is 0 Å². The highest BCUT2D eigenvalue weighted by atomic mass is 16.3. The second kappa shape index (κ2) is 7.94. The van der Waals surface area contributed by atoms with Gasteiger partial charge in [-0.15, -0.1) is 0 Å². The van der Waals surface area contributed by atoms with Crippen LogP contribution in [0.4, 0.5) is 0 Å². The van der Waals surface area contributed by atoms with E-state index in [1.807, 2.05) is 37.3 Å². The molecule has 4 heteroatoms. The fourth-order valence-corrected chi connectivity index (χ4v) is 1.90. The van der Waals surface area contributed by atoms with E-state index in [0.717, 1.165) is 18.1 Å². The average molecular weight is 283 g/mol. The number of nitrogens with zero attached hydrogens (tertiary/aromatic N) is 1. The van der Waals surface area contributed by atoms with Crippen LogP contribution in [0.3, 0.4) is 0 Å². The summed E-state index contributed by atoms with van der Waals surface area (Å²) in [6.45, 7) is 4.17. The third-order valence-corrected chi connectivity index (χ3v) is 3.00. The van der Waals surface area contributed by atoms with Crippen LogP contribution < -0.4 is 10.6 Å². The summed E-state index contributed by atoms with van der Waals surface area (Å²) in [5.41, 5.74) is 2.28. The van der Waals surface area contributed by atoms with Gasteiger partial charge in [0, 0.05) is 13.1 Å². The van der Waals surface area contributed by atoms with E-state index < -0.39 is 0 Å². The molecule has 0 aliphatic rings. The highest BCUT2D eigenvalue weighted by molar-refractivity contribution is 5.79. The van der Waals surface area contributed by atoms with Crippen LogP contribution in [0, 0.1) is 0 Å². The predicted octanol–water partition coefficient (Wildman–Crippen LogP) is 2.65. The molecule has 0 bridgehead atoms. The highest BCUT2D eigenvalue weighted by Gasteiger charge is 1.98. The van der Waals surface area contributed by atoms with Crippen LogP contribution in [-0.4, -0.2) is 17.6 Å². The molecule has 0 saturated carbocycles. The number of nitrogens with one attached hydrogen (secondary N) is 2. The third kappa shape index (κ3) is 5.18. The molecule has 0 fully saturated rings. The molecular weight excluding hydrogens is 262 g/mol. The highest BCUT2D eigenvalue weighted by Crippen LogP contribution is 2.09. The molecule has 0 amide bonds. The second-order valence-electron chi connectivity index (χ2n) is 4.70. The molecule has 2 aromatic rings. The molecule has 0 radical (unpaired) electrons. The van der Waals surface area contributed by atoms with Gasteiger partial charge in [-0.3, -0.25) is 0 Å². The van der Waals surface area contributed by atoms with Crippen molar-refractivity contribution in [3.05, 3.63) is 65.7 Å². The number of rotatable bonds is 5. The van der Waals surface area contributed by atoms with Crippen LogP contribution in [0.15, 0.2) is 59.6 Å². The van der Waals surface area contributed by atoms with Crippen LogP contribution in [0.2, 0.25) is 0 Å². The normalized spacial score (nSPS) is 11.2. The summed E-state index contributed by atoms with van der Waals surface area (Å²) in [5.74, 6) is 1.07. The fraction of sp³-hybridized carbons (Fsp3) is 0.235. The molecule has 0 aliphatic heterocycles. The number of phenols is 1. The van der Waals surface area contributed by atoms with Gasteiger partial charge in [0.25, 0.3) is 0 Å². The van der Waals surface area contributed by atoms with Crippen LogP contribution >= 0.6 is 0 Å². The molecule has 4 nitrogen and oxygen atoms in total. The maximum atomic E-state index is 9.27. The average Bonchev–Trinajstić information content (AvgIpc) is 2.52. The summed E-state index contributed by atoms with van der Waals surface area (Å²) in [6, 6.07) is 17.3. The van der Waals surface area contributed by atoms with E-state index >= 15 is 0 Å². The van der Waals surface area contributed by atoms with E-state index in [1.54, 1.807) is 12.1 Å². The van der Waals surface area contributed by atoms with Gasteiger partial charge in [-0.2, -0.15) is 0 Å². The third-order valence-electron chi connectivity index (χ3n) is 3.00. The Kier molecular flexibility index (Phi) is 5.64. The van der Waals surface area contributed by atoms with Crippen molar-refractivity contribution in [2.24, 2.45) is 4.99 Å². The molecule has 110 valence electrons. The Morgan fingerprint density at radius 3 is 2.33 bits per heavy atom. The molecule has 0 heterocycles. The molecule has 0 unspecified atom stereocenters. The van der Waals surface area contributed by atoms with Crippen molar-refractivity contribution in [2.45, 2.75) is 20.0 Å². The molecule has 0 saturated heterocycles. The van der Waals surface area contributed by atoms with E-state index in [9.17, 15) is 5.11 Å². The summed E-state index contributed by atoms with van der Waals surface area (Å²) in [5, 5.41) is 15.8. The molecule has 21 heavy (non-hydrogen) atoms. The number of phenolic OH excluding ortho intramolecular Hbond substituents is 1. The van der Waals surface area contributed by atoms with Crippen LogP contribution in [0.25, 0.3) is 0 Å². The van der Waals surface area contributed by atoms with Gasteiger partial charge in [0.2, 0.25) is 0 Å². The topological polar surface area (TPSA) is 56.7 Å². The quantitative estimate of drug-likeness (QED) is 0.584. The van der Waals surface area contributed by atoms with Gasteiger partial charge in [0.15, 0.2) is 5.96 Å². The van der Waals surface area contributed by atoms with Gasteiger partial charge >= 0.3 is 0 Å². The van der Waals surface area contributed by atoms with Gasteiger partial charge in [-0.05, 0) is 30.2 Å². The SMILES string of the molecule is CCNC(=NCc1ccccc1)NCc1ccc(O)cc1. The number of hydrogen-bond acceptors (Lipinski definition) is 2. The molecule has 0 spiro atoms. The van der Waals surface area contributed by atoms with Crippen molar-refractivity contribution in [1.29, 1.82) is 0 Å². The largest absolute Gasteiger partial charge is 0.508 e. The van der Waals surface area contributed by atoms with E-state index in [1.165, 1.54) is 5.56 Å². The maximum Gasteiger partial charge on any atom is 0.191 e. The van der Waals surface area contributed by atoms with E-state index in [0.29, 0.717) is 13.1 Å².